The Bertz CT molecular complexity index is 992. The van der Waals surface area contributed by atoms with Crippen molar-refractivity contribution in [1.82, 2.24) is 25.0 Å². The molecule has 38 heavy (non-hydrogen) atoms. The van der Waals surface area contributed by atoms with Crippen molar-refractivity contribution >= 4 is 17.7 Å². The first-order valence-corrected chi connectivity index (χ1v) is 14.3. The Balaban J connectivity index is 1.33. The van der Waals surface area contributed by atoms with Crippen molar-refractivity contribution < 1.29 is 23.9 Å². The van der Waals surface area contributed by atoms with Gasteiger partial charge in [-0.05, 0) is 44.1 Å². The number of nitrogens with one attached hydrogen (secondary N) is 1. The van der Waals surface area contributed by atoms with E-state index in [0.717, 1.165) is 25.7 Å². The van der Waals surface area contributed by atoms with Crippen LogP contribution in [-0.4, -0.2) is 108 Å². The number of piperidine rings is 1. The lowest BCUT2D eigenvalue weighted by Gasteiger charge is -2.38. The molecule has 4 aliphatic heterocycles. The average Bonchev–Trinajstić information content (AvgIpc) is 3.60. The Kier molecular flexibility index (Phi) is 8.79. The molecule has 3 amide bonds. The first-order chi connectivity index (χ1) is 18.5. The van der Waals surface area contributed by atoms with E-state index in [1.54, 1.807) is 25.1 Å². The fourth-order valence-corrected chi connectivity index (χ4v) is 6.45. The fraction of sp³-hybridized carbons (Fsp3) is 0.714. The molecule has 0 aromatic carbocycles. The van der Waals surface area contributed by atoms with Gasteiger partial charge in [0, 0.05) is 57.8 Å². The summed E-state index contributed by atoms with van der Waals surface area (Å²) in [5, 5.41) is 3.15. The van der Waals surface area contributed by atoms with Gasteiger partial charge in [-0.2, -0.15) is 0 Å². The number of hydrogen-bond acceptors (Lipinski definition) is 7. The van der Waals surface area contributed by atoms with Crippen molar-refractivity contribution in [2.24, 2.45) is 5.92 Å². The molecular formula is C28H41N5O5. The van der Waals surface area contributed by atoms with E-state index < -0.39 is 0 Å². The Hall–Kier alpha value is -2.72. The predicted octanol–water partition coefficient (Wildman–Crippen LogP) is 1.69. The van der Waals surface area contributed by atoms with E-state index >= 15 is 0 Å². The second-order valence-electron chi connectivity index (χ2n) is 11.1. The van der Waals surface area contributed by atoms with Gasteiger partial charge in [-0.15, -0.1) is 0 Å². The van der Waals surface area contributed by atoms with Gasteiger partial charge in [-0.25, -0.2) is 4.98 Å². The first kappa shape index (κ1) is 26.9. The van der Waals surface area contributed by atoms with Gasteiger partial charge >= 0.3 is 0 Å². The number of aromatic nitrogens is 1. The van der Waals surface area contributed by atoms with Crippen LogP contribution < -0.4 is 10.1 Å². The SMILES string of the molecule is CC(=O)N1CCOCCOc2cccc(n2)C(=O)N[C@@H]2C[C@@H](C(=O)N3CCC(CC3)C1)N(C1CCCC1)C2. The van der Waals surface area contributed by atoms with Crippen LogP contribution in [0.15, 0.2) is 18.2 Å². The van der Waals surface area contributed by atoms with Crippen molar-refractivity contribution in [3.05, 3.63) is 23.9 Å². The summed E-state index contributed by atoms with van der Waals surface area (Å²) in [4.78, 5) is 49.8. The molecule has 1 saturated carbocycles. The highest BCUT2D eigenvalue weighted by molar-refractivity contribution is 5.92. The number of ether oxygens (including phenoxy) is 2. The fourth-order valence-electron chi connectivity index (χ4n) is 6.45. The molecule has 6 bridgehead atoms. The number of fused-ring (bicyclic) bond motifs is 10. The predicted molar refractivity (Wildman–Crippen MR) is 141 cm³/mol. The average molecular weight is 528 g/mol. The Morgan fingerprint density at radius 2 is 1.79 bits per heavy atom. The summed E-state index contributed by atoms with van der Waals surface area (Å²) in [7, 11) is 0. The Morgan fingerprint density at radius 1 is 1.00 bits per heavy atom. The molecule has 208 valence electrons. The minimum atomic E-state index is -0.243. The smallest absolute Gasteiger partial charge is 0.270 e. The topological polar surface area (TPSA) is 104 Å². The highest BCUT2D eigenvalue weighted by Gasteiger charge is 2.43. The quantitative estimate of drug-likeness (QED) is 0.555. The Morgan fingerprint density at radius 3 is 2.55 bits per heavy atom. The van der Waals surface area contributed by atoms with Crippen molar-refractivity contribution in [3.63, 3.8) is 0 Å². The maximum atomic E-state index is 13.8. The van der Waals surface area contributed by atoms with Gasteiger partial charge in [0.2, 0.25) is 17.7 Å². The third-order valence-electron chi connectivity index (χ3n) is 8.54. The van der Waals surface area contributed by atoms with E-state index in [9.17, 15) is 14.4 Å². The molecule has 1 N–H and O–H groups in total. The number of hydrogen-bond donors (Lipinski definition) is 1. The van der Waals surface area contributed by atoms with Gasteiger partial charge in [0.25, 0.3) is 5.91 Å². The van der Waals surface area contributed by atoms with Crippen LogP contribution in [0.3, 0.4) is 0 Å². The van der Waals surface area contributed by atoms with Crippen LogP contribution in [0.5, 0.6) is 5.88 Å². The molecule has 0 spiro atoms. The molecule has 2 saturated heterocycles. The van der Waals surface area contributed by atoms with Gasteiger partial charge in [0.05, 0.1) is 19.3 Å². The van der Waals surface area contributed by atoms with Crippen molar-refractivity contribution in [3.8, 4) is 5.88 Å². The molecule has 1 aliphatic carbocycles. The molecule has 5 heterocycles. The molecule has 0 unspecified atom stereocenters. The summed E-state index contributed by atoms with van der Waals surface area (Å²) in [5.41, 5.74) is 0.302. The zero-order chi connectivity index (χ0) is 26.5. The summed E-state index contributed by atoms with van der Waals surface area (Å²) in [5.74, 6) is 0.730. The largest absolute Gasteiger partial charge is 0.475 e. The van der Waals surface area contributed by atoms with E-state index in [1.165, 1.54) is 12.8 Å². The zero-order valence-electron chi connectivity index (χ0n) is 22.5. The number of amides is 3. The van der Waals surface area contributed by atoms with E-state index in [0.29, 0.717) is 82.5 Å². The molecule has 10 heteroatoms. The van der Waals surface area contributed by atoms with Crippen molar-refractivity contribution in [1.29, 1.82) is 0 Å². The molecule has 1 aromatic rings. The first-order valence-electron chi connectivity index (χ1n) is 14.3. The normalized spacial score (nSPS) is 28.6. The maximum absolute atomic E-state index is 13.8. The van der Waals surface area contributed by atoms with Crippen LogP contribution in [0.2, 0.25) is 0 Å². The highest BCUT2D eigenvalue weighted by Crippen LogP contribution is 2.32. The molecular weight excluding hydrogens is 486 g/mol. The molecule has 6 rings (SSSR count). The second-order valence-corrected chi connectivity index (χ2v) is 11.1. The molecule has 0 radical (unpaired) electrons. The minimum Gasteiger partial charge on any atom is -0.475 e. The number of carbonyl (C=O) groups is 3. The summed E-state index contributed by atoms with van der Waals surface area (Å²) < 4.78 is 11.4. The lowest BCUT2D eigenvalue weighted by molar-refractivity contribution is -0.139. The number of carbonyl (C=O) groups excluding carboxylic acids is 3. The van der Waals surface area contributed by atoms with Crippen LogP contribution in [-0.2, 0) is 14.3 Å². The molecule has 1 aromatic heterocycles. The van der Waals surface area contributed by atoms with Crippen molar-refractivity contribution in [2.45, 2.75) is 70.0 Å². The second kappa shape index (κ2) is 12.4. The van der Waals surface area contributed by atoms with Gasteiger partial charge in [-0.3, -0.25) is 19.3 Å². The zero-order valence-corrected chi connectivity index (χ0v) is 22.5. The maximum Gasteiger partial charge on any atom is 0.270 e. The number of pyridine rings is 1. The van der Waals surface area contributed by atoms with Gasteiger partial charge < -0.3 is 24.6 Å². The van der Waals surface area contributed by atoms with Crippen LogP contribution in [0.1, 0.15) is 62.4 Å². The number of likely N-dealkylation sites (tertiary alicyclic amines) is 1. The van der Waals surface area contributed by atoms with Crippen LogP contribution >= 0.6 is 0 Å². The minimum absolute atomic E-state index is 0.0455. The summed E-state index contributed by atoms with van der Waals surface area (Å²) in [6.07, 6.45) is 7.00. The molecule has 3 fully saturated rings. The van der Waals surface area contributed by atoms with Crippen LogP contribution in [0.25, 0.3) is 0 Å². The van der Waals surface area contributed by atoms with E-state index in [4.69, 9.17) is 9.47 Å². The highest BCUT2D eigenvalue weighted by atomic mass is 16.5. The summed E-state index contributed by atoms with van der Waals surface area (Å²) in [6, 6.07) is 5.25. The van der Waals surface area contributed by atoms with Crippen LogP contribution in [0.4, 0.5) is 0 Å². The molecule has 2 atom stereocenters. The lowest BCUT2D eigenvalue weighted by atomic mass is 9.95. The molecule has 10 nitrogen and oxygen atoms in total. The summed E-state index contributed by atoms with van der Waals surface area (Å²) >= 11 is 0. The third kappa shape index (κ3) is 6.46. The van der Waals surface area contributed by atoms with Crippen LogP contribution in [0, 0.1) is 5.92 Å². The monoisotopic (exact) mass is 527 g/mol. The van der Waals surface area contributed by atoms with Gasteiger partial charge in [-0.1, -0.05) is 18.9 Å². The number of nitrogens with zero attached hydrogens (tertiary/aromatic N) is 4. The standard InChI is InChI=1S/C28H41N5O5/c1-20(34)32-13-14-37-15-16-38-26-8-4-7-24(30-26)27(35)29-22-17-25(33(19-22)23-5-2-3-6-23)28(36)31-11-9-21(18-32)10-12-31/h4,7-8,21-23,25H,2-3,5-6,9-19H2,1H3,(H,29,35)/t22-,25+/m1/s1. The van der Waals surface area contributed by atoms with E-state index in [-0.39, 0.29) is 29.8 Å². The molecule has 5 aliphatic rings. The lowest BCUT2D eigenvalue weighted by Crippen LogP contribution is -2.51. The van der Waals surface area contributed by atoms with Crippen molar-refractivity contribution in [2.75, 3.05) is 52.5 Å². The Labute approximate surface area is 225 Å². The van der Waals surface area contributed by atoms with E-state index in [1.807, 2.05) is 9.80 Å². The van der Waals surface area contributed by atoms with E-state index in [2.05, 4.69) is 15.2 Å². The summed E-state index contributed by atoms with van der Waals surface area (Å²) in [6.45, 7) is 6.04. The number of rotatable bonds is 1. The third-order valence-corrected chi connectivity index (χ3v) is 8.54. The van der Waals surface area contributed by atoms with Gasteiger partial charge in [0.15, 0.2) is 0 Å². The van der Waals surface area contributed by atoms with Gasteiger partial charge in [0.1, 0.15) is 12.3 Å².